The molecule has 0 fully saturated rings. The van der Waals surface area contributed by atoms with Gasteiger partial charge in [-0.15, -0.1) is 0 Å². The van der Waals surface area contributed by atoms with Crippen molar-refractivity contribution in [3.63, 3.8) is 0 Å². The van der Waals surface area contributed by atoms with Crippen LogP contribution >= 0.6 is 0 Å². The number of benzene rings is 1. The zero-order chi connectivity index (χ0) is 13.5. The molecular weight excluding hydrogens is 243 g/mol. The van der Waals surface area contributed by atoms with Gasteiger partial charge in [0, 0.05) is 6.42 Å². The van der Waals surface area contributed by atoms with Crippen LogP contribution < -0.4 is 5.32 Å². The molecule has 0 saturated carbocycles. The van der Waals surface area contributed by atoms with Crippen LogP contribution in [0.5, 0.6) is 0 Å². The molecule has 0 atom stereocenters. The van der Waals surface area contributed by atoms with Crippen molar-refractivity contribution in [2.75, 3.05) is 5.32 Å². The molecule has 1 aromatic carbocycles. The Morgan fingerprint density at radius 3 is 2.63 bits per heavy atom. The number of carbonyl (C=O) groups excluding carboxylic acids is 1. The third-order valence-corrected chi connectivity index (χ3v) is 2.72. The van der Waals surface area contributed by atoms with E-state index in [9.17, 15) is 9.18 Å². The number of aromatic nitrogens is 1. The number of hydrogen-bond acceptors (Lipinski definition) is 2. The van der Waals surface area contributed by atoms with Gasteiger partial charge in [0.05, 0.1) is 11.9 Å². The van der Waals surface area contributed by atoms with Gasteiger partial charge in [-0.2, -0.15) is 4.39 Å². The van der Waals surface area contributed by atoms with Crippen molar-refractivity contribution >= 4 is 11.6 Å². The Balaban J connectivity index is 1.74. The van der Waals surface area contributed by atoms with Crippen LogP contribution in [0.4, 0.5) is 10.1 Å². The number of rotatable bonds is 5. The van der Waals surface area contributed by atoms with Crippen LogP contribution in [0.3, 0.4) is 0 Å². The molecule has 1 heterocycles. The van der Waals surface area contributed by atoms with E-state index in [1.165, 1.54) is 23.9 Å². The van der Waals surface area contributed by atoms with Crippen molar-refractivity contribution < 1.29 is 9.18 Å². The Labute approximate surface area is 111 Å². The third-order valence-electron chi connectivity index (χ3n) is 2.72. The van der Waals surface area contributed by atoms with E-state index in [1.807, 2.05) is 30.3 Å². The summed E-state index contributed by atoms with van der Waals surface area (Å²) in [5.74, 6) is -0.633. The first-order valence-electron chi connectivity index (χ1n) is 6.19. The first kappa shape index (κ1) is 13.2. The molecule has 0 aliphatic rings. The number of anilines is 1. The molecule has 1 amide bonds. The summed E-state index contributed by atoms with van der Waals surface area (Å²) in [6, 6.07) is 12.7. The van der Waals surface area contributed by atoms with Gasteiger partial charge in [0.25, 0.3) is 0 Å². The summed E-state index contributed by atoms with van der Waals surface area (Å²) in [5, 5.41) is 2.69. The summed E-state index contributed by atoms with van der Waals surface area (Å²) >= 11 is 0. The number of halogens is 1. The van der Waals surface area contributed by atoms with Crippen LogP contribution in [-0.4, -0.2) is 10.9 Å². The molecular formula is C15H15FN2O. The van der Waals surface area contributed by atoms with Gasteiger partial charge in [-0.05, 0) is 30.5 Å². The predicted octanol–water partition coefficient (Wildman–Crippen LogP) is 3.18. The quantitative estimate of drug-likeness (QED) is 0.837. The Kier molecular flexibility index (Phi) is 4.61. The predicted molar refractivity (Wildman–Crippen MR) is 72.2 cm³/mol. The van der Waals surface area contributed by atoms with E-state index in [2.05, 4.69) is 10.3 Å². The highest BCUT2D eigenvalue weighted by atomic mass is 19.1. The molecule has 0 unspecified atom stereocenters. The first-order chi connectivity index (χ1) is 9.24. The lowest BCUT2D eigenvalue weighted by Gasteiger charge is -2.04. The summed E-state index contributed by atoms with van der Waals surface area (Å²) in [4.78, 5) is 15.1. The van der Waals surface area contributed by atoms with Gasteiger partial charge >= 0.3 is 0 Å². The van der Waals surface area contributed by atoms with Gasteiger partial charge in [-0.3, -0.25) is 4.79 Å². The van der Waals surface area contributed by atoms with Crippen LogP contribution in [0.2, 0.25) is 0 Å². The molecule has 2 aromatic rings. The van der Waals surface area contributed by atoms with E-state index in [4.69, 9.17) is 0 Å². The summed E-state index contributed by atoms with van der Waals surface area (Å²) in [6.45, 7) is 0. The van der Waals surface area contributed by atoms with Gasteiger partial charge in [0.2, 0.25) is 11.9 Å². The molecule has 3 nitrogen and oxygen atoms in total. The summed E-state index contributed by atoms with van der Waals surface area (Å²) in [6.07, 6.45) is 3.40. The number of pyridine rings is 1. The molecule has 1 aromatic heterocycles. The van der Waals surface area contributed by atoms with Crippen LogP contribution in [-0.2, 0) is 11.2 Å². The minimum Gasteiger partial charge on any atom is -0.325 e. The molecule has 0 radical (unpaired) electrons. The van der Waals surface area contributed by atoms with E-state index in [1.54, 1.807) is 0 Å². The van der Waals surface area contributed by atoms with Crippen LogP contribution in [0.25, 0.3) is 0 Å². The third kappa shape index (κ3) is 4.50. The van der Waals surface area contributed by atoms with Crippen molar-refractivity contribution in [2.24, 2.45) is 0 Å². The van der Waals surface area contributed by atoms with Gasteiger partial charge < -0.3 is 5.32 Å². The molecule has 0 aliphatic carbocycles. The lowest BCUT2D eigenvalue weighted by atomic mass is 10.1. The number of hydrogen-bond donors (Lipinski definition) is 1. The summed E-state index contributed by atoms with van der Waals surface area (Å²) in [7, 11) is 0. The number of amides is 1. The zero-order valence-electron chi connectivity index (χ0n) is 10.5. The monoisotopic (exact) mass is 258 g/mol. The second-order valence-electron chi connectivity index (χ2n) is 4.26. The number of carbonyl (C=O) groups is 1. The van der Waals surface area contributed by atoms with Crippen molar-refractivity contribution in [2.45, 2.75) is 19.3 Å². The van der Waals surface area contributed by atoms with Gasteiger partial charge in [-0.1, -0.05) is 30.3 Å². The summed E-state index contributed by atoms with van der Waals surface area (Å²) in [5.41, 5.74) is 1.74. The average Bonchev–Trinajstić information content (AvgIpc) is 2.43. The average molecular weight is 258 g/mol. The lowest BCUT2D eigenvalue weighted by molar-refractivity contribution is -0.116. The molecule has 0 saturated heterocycles. The minimum atomic E-state index is -0.554. The van der Waals surface area contributed by atoms with E-state index in [-0.39, 0.29) is 5.91 Å². The molecule has 19 heavy (non-hydrogen) atoms. The van der Waals surface area contributed by atoms with E-state index in [0.29, 0.717) is 12.1 Å². The van der Waals surface area contributed by atoms with Crippen molar-refractivity contribution in [3.05, 3.63) is 60.2 Å². The van der Waals surface area contributed by atoms with Crippen molar-refractivity contribution in [1.82, 2.24) is 4.98 Å². The highest BCUT2D eigenvalue weighted by Crippen LogP contribution is 2.08. The maximum Gasteiger partial charge on any atom is 0.224 e. The highest BCUT2D eigenvalue weighted by molar-refractivity contribution is 5.90. The van der Waals surface area contributed by atoms with Crippen LogP contribution in [0.15, 0.2) is 48.7 Å². The number of nitrogens with zero attached hydrogens (tertiary/aromatic N) is 1. The minimum absolute atomic E-state index is 0.0793. The Hall–Kier alpha value is -2.23. The fourth-order valence-electron chi connectivity index (χ4n) is 1.77. The van der Waals surface area contributed by atoms with Crippen molar-refractivity contribution in [3.8, 4) is 0 Å². The fourth-order valence-corrected chi connectivity index (χ4v) is 1.77. The second-order valence-corrected chi connectivity index (χ2v) is 4.26. The second kappa shape index (κ2) is 6.64. The standard InChI is InChI=1S/C15H15FN2O/c16-14-10-9-13(11-17-14)18-15(19)8-4-7-12-5-2-1-3-6-12/h1-3,5-6,9-11H,4,7-8H2,(H,18,19). The zero-order valence-corrected chi connectivity index (χ0v) is 10.5. The maximum atomic E-state index is 12.6. The maximum absolute atomic E-state index is 12.6. The molecule has 0 bridgehead atoms. The van der Waals surface area contributed by atoms with E-state index in [0.717, 1.165) is 12.8 Å². The van der Waals surface area contributed by atoms with Crippen LogP contribution in [0.1, 0.15) is 18.4 Å². The SMILES string of the molecule is O=C(CCCc1ccccc1)Nc1ccc(F)nc1. The van der Waals surface area contributed by atoms with E-state index < -0.39 is 5.95 Å². The lowest BCUT2D eigenvalue weighted by Crippen LogP contribution is -2.11. The fraction of sp³-hybridized carbons (Fsp3) is 0.200. The number of aryl methyl sites for hydroxylation is 1. The molecule has 98 valence electrons. The molecule has 4 heteroatoms. The Morgan fingerprint density at radius 2 is 1.95 bits per heavy atom. The van der Waals surface area contributed by atoms with Crippen LogP contribution in [0, 0.1) is 5.95 Å². The Bertz CT molecular complexity index is 526. The molecule has 2 rings (SSSR count). The smallest absolute Gasteiger partial charge is 0.224 e. The topological polar surface area (TPSA) is 42.0 Å². The van der Waals surface area contributed by atoms with Gasteiger partial charge in [-0.25, -0.2) is 4.98 Å². The first-order valence-corrected chi connectivity index (χ1v) is 6.19. The molecule has 0 aliphatic heterocycles. The largest absolute Gasteiger partial charge is 0.325 e. The molecule has 0 spiro atoms. The van der Waals surface area contributed by atoms with Gasteiger partial charge in [0.1, 0.15) is 0 Å². The normalized spacial score (nSPS) is 10.2. The molecule has 1 N–H and O–H groups in total. The van der Waals surface area contributed by atoms with Crippen molar-refractivity contribution in [1.29, 1.82) is 0 Å². The number of nitrogens with one attached hydrogen (secondary N) is 1. The Morgan fingerprint density at radius 1 is 1.16 bits per heavy atom. The highest BCUT2D eigenvalue weighted by Gasteiger charge is 2.03. The summed E-state index contributed by atoms with van der Waals surface area (Å²) < 4.78 is 12.6. The van der Waals surface area contributed by atoms with Gasteiger partial charge in [0.15, 0.2) is 0 Å². The van der Waals surface area contributed by atoms with E-state index >= 15 is 0 Å².